The van der Waals surface area contributed by atoms with Crippen LogP contribution in [0, 0.1) is 11.6 Å². The van der Waals surface area contributed by atoms with E-state index in [2.05, 4.69) is 31.4 Å². The summed E-state index contributed by atoms with van der Waals surface area (Å²) in [6, 6.07) is 3.66. The van der Waals surface area contributed by atoms with Gasteiger partial charge in [0.15, 0.2) is 5.82 Å². The molecule has 0 radical (unpaired) electrons. The van der Waals surface area contributed by atoms with E-state index in [4.69, 9.17) is 0 Å². The van der Waals surface area contributed by atoms with Crippen LogP contribution in [-0.4, -0.2) is 16.1 Å². The van der Waals surface area contributed by atoms with E-state index < -0.39 is 23.2 Å². The molecule has 0 saturated carbocycles. The van der Waals surface area contributed by atoms with Crippen molar-refractivity contribution < 1.29 is 13.6 Å². The van der Waals surface area contributed by atoms with Gasteiger partial charge in [-0.15, -0.1) is 0 Å². The van der Waals surface area contributed by atoms with Gasteiger partial charge >= 0.3 is 0 Å². The van der Waals surface area contributed by atoms with Crippen molar-refractivity contribution in [3.05, 3.63) is 46.2 Å². The molecule has 0 atom stereocenters. The van der Waals surface area contributed by atoms with Crippen LogP contribution in [0.2, 0.25) is 0 Å². The number of benzene rings is 1. The van der Waals surface area contributed by atoms with Crippen LogP contribution in [0.3, 0.4) is 0 Å². The lowest BCUT2D eigenvalue weighted by molar-refractivity contribution is 0.102. The summed E-state index contributed by atoms with van der Waals surface area (Å²) in [5, 5.41) is 8.09. The SMILES string of the molecule is CC.O=C(Nc1c(F)ccc(Br)c1F)c1ccn[nH]1. The minimum atomic E-state index is -0.863. The molecule has 0 bridgehead atoms. The normalized spacial score (nSPS) is 9.53. The molecule has 0 aliphatic heterocycles. The maximum atomic E-state index is 13.5. The average Bonchev–Trinajstić information content (AvgIpc) is 2.95. The molecule has 1 aromatic heterocycles. The van der Waals surface area contributed by atoms with Crippen molar-refractivity contribution in [1.82, 2.24) is 10.2 Å². The van der Waals surface area contributed by atoms with Crippen molar-refractivity contribution in [3.8, 4) is 0 Å². The topological polar surface area (TPSA) is 57.8 Å². The van der Waals surface area contributed by atoms with Crippen LogP contribution in [0.5, 0.6) is 0 Å². The van der Waals surface area contributed by atoms with Crippen LogP contribution in [0.1, 0.15) is 24.3 Å². The number of carbonyl (C=O) groups is 1. The number of aromatic amines is 1. The Morgan fingerprint density at radius 2 is 2.00 bits per heavy atom. The maximum Gasteiger partial charge on any atom is 0.273 e. The third kappa shape index (κ3) is 3.60. The highest BCUT2D eigenvalue weighted by atomic mass is 79.9. The fraction of sp³-hybridized carbons (Fsp3) is 0.167. The molecule has 1 aromatic carbocycles. The van der Waals surface area contributed by atoms with E-state index in [1.165, 1.54) is 18.3 Å². The van der Waals surface area contributed by atoms with E-state index in [0.29, 0.717) is 0 Å². The Morgan fingerprint density at radius 3 is 2.58 bits per heavy atom. The number of hydrogen-bond donors (Lipinski definition) is 2. The first-order chi connectivity index (χ1) is 9.09. The first-order valence-corrected chi connectivity index (χ1v) is 6.33. The van der Waals surface area contributed by atoms with Crippen molar-refractivity contribution in [2.75, 3.05) is 5.32 Å². The van der Waals surface area contributed by atoms with Crippen LogP contribution >= 0.6 is 15.9 Å². The molecular formula is C12H12BrF2N3O. The van der Waals surface area contributed by atoms with Gasteiger partial charge in [0.1, 0.15) is 17.2 Å². The summed E-state index contributed by atoms with van der Waals surface area (Å²) in [5.41, 5.74) is -0.386. The molecule has 1 amide bonds. The Labute approximate surface area is 117 Å². The van der Waals surface area contributed by atoms with Crippen molar-refractivity contribution >= 4 is 27.5 Å². The van der Waals surface area contributed by atoms with Gasteiger partial charge in [0.25, 0.3) is 5.91 Å². The summed E-state index contributed by atoms with van der Waals surface area (Å²) in [6.45, 7) is 4.00. The van der Waals surface area contributed by atoms with E-state index in [1.54, 1.807) is 0 Å². The number of amides is 1. The molecule has 0 aliphatic rings. The lowest BCUT2D eigenvalue weighted by atomic mass is 10.2. The minimum absolute atomic E-state index is 0.0683. The predicted molar refractivity (Wildman–Crippen MR) is 71.9 cm³/mol. The van der Waals surface area contributed by atoms with Crippen LogP contribution in [0.25, 0.3) is 0 Å². The zero-order valence-electron chi connectivity index (χ0n) is 10.3. The first kappa shape index (κ1) is 15.3. The van der Waals surface area contributed by atoms with E-state index >= 15 is 0 Å². The Balaban J connectivity index is 0.000000861. The summed E-state index contributed by atoms with van der Waals surface area (Å²) in [7, 11) is 0. The van der Waals surface area contributed by atoms with Gasteiger partial charge in [-0.1, -0.05) is 13.8 Å². The molecule has 0 aliphatic carbocycles. The second-order valence-corrected chi connectivity index (χ2v) is 4.00. The van der Waals surface area contributed by atoms with Gasteiger partial charge in [-0.2, -0.15) is 5.10 Å². The largest absolute Gasteiger partial charge is 0.316 e. The van der Waals surface area contributed by atoms with Crippen molar-refractivity contribution in [3.63, 3.8) is 0 Å². The Morgan fingerprint density at radius 1 is 1.32 bits per heavy atom. The number of halogens is 3. The number of H-pyrrole nitrogens is 1. The third-order valence-electron chi connectivity index (χ3n) is 2.03. The summed E-state index contributed by atoms with van der Waals surface area (Å²) in [6.07, 6.45) is 1.36. The summed E-state index contributed by atoms with van der Waals surface area (Å²) in [5.74, 6) is -2.38. The predicted octanol–water partition coefficient (Wildman–Crippen LogP) is 3.73. The van der Waals surface area contributed by atoms with Gasteiger partial charge < -0.3 is 5.32 Å². The number of carbonyl (C=O) groups excluding carboxylic acids is 1. The minimum Gasteiger partial charge on any atom is -0.316 e. The molecule has 0 spiro atoms. The van der Waals surface area contributed by atoms with E-state index in [0.717, 1.165) is 6.07 Å². The molecule has 0 fully saturated rings. The fourth-order valence-corrected chi connectivity index (χ4v) is 1.54. The second kappa shape index (κ2) is 6.98. The highest BCUT2D eigenvalue weighted by molar-refractivity contribution is 9.10. The second-order valence-electron chi connectivity index (χ2n) is 3.14. The molecule has 1 heterocycles. The molecule has 102 valence electrons. The molecular weight excluding hydrogens is 320 g/mol. The van der Waals surface area contributed by atoms with Gasteiger partial charge in [0, 0.05) is 6.20 Å². The smallest absolute Gasteiger partial charge is 0.273 e. The summed E-state index contributed by atoms with van der Waals surface area (Å²) >= 11 is 2.91. The summed E-state index contributed by atoms with van der Waals surface area (Å²) < 4.78 is 26.9. The Kier molecular flexibility index (Phi) is 5.62. The quantitative estimate of drug-likeness (QED) is 0.824. The molecule has 2 rings (SSSR count). The fourth-order valence-electron chi connectivity index (χ4n) is 1.20. The maximum absolute atomic E-state index is 13.5. The molecule has 0 saturated heterocycles. The molecule has 19 heavy (non-hydrogen) atoms. The van der Waals surface area contributed by atoms with Gasteiger partial charge in [-0.3, -0.25) is 9.89 Å². The van der Waals surface area contributed by atoms with Crippen LogP contribution in [-0.2, 0) is 0 Å². The zero-order chi connectivity index (χ0) is 14.4. The molecule has 2 aromatic rings. The number of hydrogen-bond acceptors (Lipinski definition) is 2. The van der Waals surface area contributed by atoms with Crippen molar-refractivity contribution in [1.29, 1.82) is 0 Å². The molecule has 4 nitrogen and oxygen atoms in total. The monoisotopic (exact) mass is 331 g/mol. The van der Waals surface area contributed by atoms with Crippen molar-refractivity contribution in [2.24, 2.45) is 0 Å². The average molecular weight is 332 g/mol. The molecule has 0 unspecified atom stereocenters. The van der Waals surface area contributed by atoms with Crippen molar-refractivity contribution in [2.45, 2.75) is 13.8 Å². The molecule has 7 heteroatoms. The third-order valence-corrected chi connectivity index (χ3v) is 2.64. The van der Waals surface area contributed by atoms with E-state index in [-0.39, 0.29) is 10.2 Å². The van der Waals surface area contributed by atoms with Gasteiger partial charge in [-0.25, -0.2) is 8.78 Å². The highest BCUT2D eigenvalue weighted by Gasteiger charge is 2.16. The van der Waals surface area contributed by atoms with Crippen LogP contribution in [0.15, 0.2) is 28.9 Å². The number of aromatic nitrogens is 2. The zero-order valence-corrected chi connectivity index (χ0v) is 11.9. The standard InChI is InChI=1S/C10H6BrF2N3O.C2H6/c11-5-1-2-6(12)9(8(5)13)15-10(17)7-3-4-14-16-7;1-2/h1-4H,(H,14,16)(H,15,17);1-2H3. The van der Waals surface area contributed by atoms with Gasteiger partial charge in [-0.05, 0) is 34.1 Å². The highest BCUT2D eigenvalue weighted by Crippen LogP contribution is 2.26. The lowest BCUT2D eigenvalue weighted by Gasteiger charge is -2.07. The van der Waals surface area contributed by atoms with Crippen LogP contribution in [0.4, 0.5) is 14.5 Å². The lowest BCUT2D eigenvalue weighted by Crippen LogP contribution is -2.15. The number of nitrogens with zero attached hydrogens (tertiary/aromatic N) is 1. The van der Waals surface area contributed by atoms with Crippen LogP contribution < -0.4 is 5.32 Å². The summed E-state index contributed by atoms with van der Waals surface area (Å²) in [4.78, 5) is 11.6. The first-order valence-electron chi connectivity index (χ1n) is 5.54. The van der Waals surface area contributed by atoms with E-state index in [9.17, 15) is 13.6 Å². The number of nitrogens with one attached hydrogen (secondary N) is 2. The van der Waals surface area contributed by atoms with Gasteiger partial charge in [0.2, 0.25) is 0 Å². The number of anilines is 1. The Hall–Kier alpha value is -1.76. The number of rotatable bonds is 2. The van der Waals surface area contributed by atoms with Gasteiger partial charge in [0.05, 0.1) is 4.47 Å². The Bertz CT molecular complexity index is 558. The molecule has 2 N–H and O–H groups in total. The van der Waals surface area contributed by atoms with E-state index in [1.807, 2.05) is 13.8 Å².